The van der Waals surface area contributed by atoms with E-state index in [0.29, 0.717) is 6.61 Å². The summed E-state index contributed by atoms with van der Waals surface area (Å²) in [5.74, 6) is 1.90. The van der Waals surface area contributed by atoms with E-state index in [1.54, 1.807) is 0 Å². The van der Waals surface area contributed by atoms with Gasteiger partial charge in [0.15, 0.2) is 0 Å². The number of nitrogens with zero attached hydrogens (tertiary/aromatic N) is 2. The van der Waals surface area contributed by atoms with Crippen molar-refractivity contribution in [2.45, 2.75) is 6.42 Å². The summed E-state index contributed by atoms with van der Waals surface area (Å²) in [6.45, 7) is 7.25. The fraction of sp³-hybridized carbons (Fsp3) is 0.562. The van der Waals surface area contributed by atoms with E-state index in [1.165, 1.54) is 0 Å². The van der Waals surface area contributed by atoms with Crippen LogP contribution in [0.4, 0.5) is 0 Å². The molecule has 2 aliphatic rings. The van der Waals surface area contributed by atoms with Crippen molar-refractivity contribution in [3.63, 3.8) is 0 Å². The SMILES string of the molecule is c1cc(OCCN2CCOCC2)cc(C2=NCCCN2)c1. The number of rotatable bonds is 5. The van der Waals surface area contributed by atoms with E-state index in [2.05, 4.69) is 27.3 Å². The van der Waals surface area contributed by atoms with Crippen molar-refractivity contribution in [3.05, 3.63) is 29.8 Å². The van der Waals surface area contributed by atoms with Gasteiger partial charge in [0.2, 0.25) is 0 Å². The largest absolute Gasteiger partial charge is 0.492 e. The van der Waals surface area contributed by atoms with Gasteiger partial charge in [-0.3, -0.25) is 9.89 Å². The molecule has 2 aliphatic heterocycles. The Hall–Kier alpha value is -1.59. The fourth-order valence-corrected chi connectivity index (χ4v) is 2.58. The third-order valence-electron chi connectivity index (χ3n) is 3.78. The Balaban J connectivity index is 1.52. The fourth-order valence-electron chi connectivity index (χ4n) is 2.58. The van der Waals surface area contributed by atoms with E-state index < -0.39 is 0 Å². The Morgan fingerprint density at radius 2 is 2.19 bits per heavy atom. The molecule has 0 atom stereocenters. The monoisotopic (exact) mass is 289 g/mol. The molecule has 5 nitrogen and oxygen atoms in total. The molecular weight excluding hydrogens is 266 g/mol. The second kappa shape index (κ2) is 7.43. The summed E-state index contributed by atoms with van der Waals surface area (Å²) in [6, 6.07) is 8.17. The molecule has 0 radical (unpaired) electrons. The second-order valence-electron chi connectivity index (χ2n) is 5.34. The lowest BCUT2D eigenvalue weighted by Crippen LogP contribution is -2.38. The number of ether oxygens (including phenoxy) is 2. The smallest absolute Gasteiger partial charge is 0.128 e. The number of benzene rings is 1. The van der Waals surface area contributed by atoms with Crippen molar-refractivity contribution >= 4 is 5.84 Å². The van der Waals surface area contributed by atoms with E-state index in [4.69, 9.17) is 9.47 Å². The Morgan fingerprint density at radius 3 is 3.00 bits per heavy atom. The van der Waals surface area contributed by atoms with Gasteiger partial charge in [-0.1, -0.05) is 12.1 Å². The van der Waals surface area contributed by atoms with Gasteiger partial charge in [-0.2, -0.15) is 0 Å². The quantitative estimate of drug-likeness (QED) is 0.883. The van der Waals surface area contributed by atoms with E-state index in [0.717, 1.165) is 69.5 Å². The summed E-state index contributed by atoms with van der Waals surface area (Å²) in [6.07, 6.45) is 1.11. The van der Waals surface area contributed by atoms with Crippen molar-refractivity contribution in [1.82, 2.24) is 10.2 Å². The van der Waals surface area contributed by atoms with Crippen LogP contribution in [-0.4, -0.2) is 63.3 Å². The van der Waals surface area contributed by atoms with Crippen LogP contribution in [0.5, 0.6) is 5.75 Å². The normalized spacial score (nSPS) is 19.7. The third kappa shape index (κ3) is 4.19. The Bertz CT molecular complexity index is 484. The number of aliphatic imine (C=N–C) groups is 1. The maximum atomic E-state index is 5.87. The van der Waals surface area contributed by atoms with E-state index in [-0.39, 0.29) is 0 Å². The van der Waals surface area contributed by atoms with Gasteiger partial charge < -0.3 is 14.8 Å². The summed E-state index contributed by atoms with van der Waals surface area (Å²) in [5.41, 5.74) is 1.11. The zero-order valence-electron chi connectivity index (χ0n) is 12.4. The molecule has 1 aromatic rings. The van der Waals surface area contributed by atoms with Crippen LogP contribution in [0.15, 0.2) is 29.3 Å². The average Bonchev–Trinajstić information content (AvgIpc) is 2.57. The number of hydrogen-bond donors (Lipinski definition) is 1. The lowest BCUT2D eigenvalue weighted by Gasteiger charge is -2.26. The standard InChI is InChI=1S/C16H23N3O2/c1-3-14(16-17-5-2-6-18-16)13-15(4-1)21-12-9-19-7-10-20-11-8-19/h1,3-4,13H,2,5-12H2,(H,17,18). The number of morpholine rings is 1. The molecule has 0 unspecified atom stereocenters. The van der Waals surface area contributed by atoms with Gasteiger partial charge in [0, 0.05) is 38.3 Å². The van der Waals surface area contributed by atoms with Gasteiger partial charge in [0.05, 0.1) is 13.2 Å². The van der Waals surface area contributed by atoms with E-state index in [9.17, 15) is 0 Å². The van der Waals surface area contributed by atoms with Crippen molar-refractivity contribution in [1.29, 1.82) is 0 Å². The third-order valence-corrected chi connectivity index (χ3v) is 3.78. The van der Waals surface area contributed by atoms with Crippen LogP contribution < -0.4 is 10.1 Å². The first-order valence-electron chi connectivity index (χ1n) is 7.73. The van der Waals surface area contributed by atoms with Crippen LogP contribution in [-0.2, 0) is 4.74 Å². The summed E-state index contributed by atoms with van der Waals surface area (Å²) < 4.78 is 11.2. The van der Waals surface area contributed by atoms with Gasteiger partial charge >= 0.3 is 0 Å². The van der Waals surface area contributed by atoms with Gasteiger partial charge in [-0.15, -0.1) is 0 Å². The van der Waals surface area contributed by atoms with Gasteiger partial charge in [-0.05, 0) is 18.6 Å². The second-order valence-corrected chi connectivity index (χ2v) is 5.34. The molecule has 1 fully saturated rings. The summed E-state index contributed by atoms with van der Waals surface area (Å²) in [4.78, 5) is 6.90. The number of nitrogens with one attached hydrogen (secondary N) is 1. The van der Waals surface area contributed by atoms with Crippen LogP contribution in [0.25, 0.3) is 0 Å². The van der Waals surface area contributed by atoms with Crippen molar-refractivity contribution in [2.24, 2.45) is 4.99 Å². The minimum absolute atomic E-state index is 0.712. The number of hydrogen-bond acceptors (Lipinski definition) is 5. The zero-order valence-corrected chi connectivity index (χ0v) is 12.4. The summed E-state index contributed by atoms with van der Waals surface area (Å²) >= 11 is 0. The average molecular weight is 289 g/mol. The molecule has 2 heterocycles. The molecule has 0 saturated carbocycles. The summed E-state index contributed by atoms with van der Waals surface area (Å²) in [5, 5.41) is 3.34. The van der Waals surface area contributed by atoms with Gasteiger partial charge in [-0.25, -0.2) is 0 Å². The molecule has 5 heteroatoms. The maximum Gasteiger partial charge on any atom is 0.128 e. The first kappa shape index (κ1) is 14.4. The molecule has 0 bridgehead atoms. The van der Waals surface area contributed by atoms with E-state index in [1.807, 2.05) is 12.1 Å². The Labute approximate surface area is 126 Å². The topological polar surface area (TPSA) is 46.1 Å². The molecule has 3 rings (SSSR count). The molecular formula is C16H23N3O2. The Morgan fingerprint density at radius 1 is 1.29 bits per heavy atom. The lowest BCUT2D eigenvalue weighted by atomic mass is 10.1. The van der Waals surface area contributed by atoms with Crippen molar-refractivity contribution in [2.75, 3.05) is 52.5 Å². The minimum atomic E-state index is 0.712. The molecule has 1 aromatic carbocycles. The molecule has 0 aliphatic carbocycles. The lowest BCUT2D eigenvalue weighted by molar-refractivity contribution is 0.0322. The predicted molar refractivity (Wildman–Crippen MR) is 83.2 cm³/mol. The maximum absolute atomic E-state index is 5.87. The first-order chi connectivity index (χ1) is 10.4. The molecule has 1 N–H and O–H groups in total. The van der Waals surface area contributed by atoms with Crippen LogP contribution in [0, 0.1) is 0 Å². The molecule has 21 heavy (non-hydrogen) atoms. The van der Waals surface area contributed by atoms with Crippen molar-refractivity contribution in [3.8, 4) is 5.75 Å². The van der Waals surface area contributed by atoms with Crippen LogP contribution in [0.2, 0.25) is 0 Å². The molecule has 0 amide bonds. The predicted octanol–water partition coefficient (Wildman–Crippen LogP) is 1.14. The summed E-state index contributed by atoms with van der Waals surface area (Å²) in [7, 11) is 0. The molecule has 0 aromatic heterocycles. The highest BCUT2D eigenvalue weighted by atomic mass is 16.5. The van der Waals surface area contributed by atoms with Gasteiger partial charge in [0.1, 0.15) is 18.2 Å². The first-order valence-corrected chi connectivity index (χ1v) is 7.73. The molecule has 114 valence electrons. The van der Waals surface area contributed by atoms with Gasteiger partial charge in [0.25, 0.3) is 0 Å². The highest BCUT2D eigenvalue weighted by molar-refractivity contribution is 5.99. The van der Waals surface area contributed by atoms with E-state index >= 15 is 0 Å². The van der Waals surface area contributed by atoms with Crippen LogP contribution in [0.1, 0.15) is 12.0 Å². The molecule has 0 spiro atoms. The Kier molecular flexibility index (Phi) is 5.08. The minimum Gasteiger partial charge on any atom is -0.492 e. The number of amidine groups is 1. The van der Waals surface area contributed by atoms with Crippen molar-refractivity contribution < 1.29 is 9.47 Å². The highest BCUT2D eigenvalue weighted by Gasteiger charge is 2.10. The van der Waals surface area contributed by atoms with Crippen LogP contribution >= 0.6 is 0 Å². The van der Waals surface area contributed by atoms with Crippen LogP contribution in [0.3, 0.4) is 0 Å². The molecule has 1 saturated heterocycles. The zero-order chi connectivity index (χ0) is 14.3. The highest BCUT2D eigenvalue weighted by Crippen LogP contribution is 2.14.